The lowest BCUT2D eigenvalue weighted by atomic mass is 9.70. The third-order valence-electron chi connectivity index (χ3n) is 7.13. The third kappa shape index (κ3) is 4.45. The Hall–Kier alpha value is -3.34. The molecular formula is C25H30N4O4. The maximum Gasteiger partial charge on any atom is 0.329 e. The standard InChI is InChI=1S/C25H30N4O4/c1-28-20-16-17(8-4-2-5-13-25(23(26)32)14-6-3-7-15-25)9-10-18(20)29(24(28)33)19-11-12-21(30)27-22(19)31/h9-10,16,19H,2-3,5-7,11-15H2,1H3,(H2,26,32)(H,27,30,31). The Balaban J connectivity index is 1.48. The van der Waals surface area contributed by atoms with E-state index >= 15 is 0 Å². The van der Waals surface area contributed by atoms with Crippen molar-refractivity contribution in [2.75, 3.05) is 0 Å². The quantitative estimate of drug-likeness (QED) is 0.413. The van der Waals surface area contributed by atoms with Gasteiger partial charge in [0.2, 0.25) is 17.7 Å². The number of hydrogen-bond acceptors (Lipinski definition) is 4. The van der Waals surface area contributed by atoms with Crippen LogP contribution in [-0.4, -0.2) is 26.9 Å². The number of imidazole rings is 1. The zero-order chi connectivity index (χ0) is 23.6. The highest BCUT2D eigenvalue weighted by Gasteiger charge is 2.37. The predicted octanol–water partition coefficient (Wildman–Crippen LogP) is 2.28. The van der Waals surface area contributed by atoms with Crippen molar-refractivity contribution >= 4 is 28.8 Å². The SMILES string of the molecule is Cn1c(=O)n(C2CCC(=O)NC2=O)c2ccc(C#CCCCC3(C(N)=O)CCCCC3)cc21. The summed E-state index contributed by atoms with van der Waals surface area (Å²) in [5, 5.41) is 2.32. The van der Waals surface area contributed by atoms with Crippen LogP contribution < -0.4 is 16.7 Å². The van der Waals surface area contributed by atoms with Crippen LogP contribution in [0.4, 0.5) is 0 Å². The molecule has 4 rings (SSSR count). The molecule has 174 valence electrons. The van der Waals surface area contributed by atoms with Gasteiger partial charge in [0.15, 0.2) is 0 Å². The molecule has 0 radical (unpaired) electrons. The van der Waals surface area contributed by atoms with Crippen LogP contribution in [-0.2, 0) is 21.4 Å². The van der Waals surface area contributed by atoms with E-state index in [2.05, 4.69) is 17.2 Å². The molecule has 2 heterocycles. The van der Waals surface area contributed by atoms with Gasteiger partial charge >= 0.3 is 5.69 Å². The molecule has 1 aromatic carbocycles. The Labute approximate surface area is 192 Å². The van der Waals surface area contributed by atoms with Gasteiger partial charge in [-0.2, -0.15) is 0 Å². The minimum Gasteiger partial charge on any atom is -0.369 e. The number of carbonyl (C=O) groups is 3. The number of imide groups is 1. The number of fused-ring (bicyclic) bond motifs is 1. The summed E-state index contributed by atoms with van der Waals surface area (Å²) in [6.45, 7) is 0. The van der Waals surface area contributed by atoms with E-state index in [1.807, 2.05) is 12.1 Å². The van der Waals surface area contributed by atoms with E-state index in [1.165, 1.54) is 15.6 Å². The minimum atomic E-state index is -0.701. The van der Waals surface area contributed by atoms with Gasteiger partial charge in [-0.15, -0.1) is 0 Å². The fourth-order valence-corrected chi connectivity index (χ4v) is 5.20. The average molecular weight is 451 g/mol. The molecule has 1 saturated carbocycles. The molecule has 1 aromatic heterocycles. The van der Waals surface area contributed by atoms with Crippen molar-refractivity contribution in [3.05, 3.63) is 34.2 Å². The van der Waals surface area contributed by atoms with Gasteiger partial charge in [-0.05, 0) is 50.3 Å². The number of amides is 3. The number of aromatic nitrogens is 2. The molecule has 3 N–H and O–H groups in total. The van der Waals surface area contributed by atoms with Gasteiger partial charge in [0.1, 0.15) is 6.04 Å². The van der Waals surface area contributed by atoms with Gasteiger partial charge in [0, 0.05) is 30.9 Å². The summed E-state index contributed by atoms with van der Waals surface area (Å²) in [7, 11) is 1.66. The van der Waals surface area contributed by atoms with Crippen molar-refractivity contribution < 1.29 is 14.4 Å². The molecule has 2 fully saturated rings. The lowest BCUT2D eigenvalue weighted by molar-refractivity contribution is -0.135. The summed E-state index contributed by atoms with van der Waals surface area (Å²) in [6, 6.07) is 4.78. The number of unbranched alkanes of at least 4 members (excludes halogenated alkanes) is 1. The first-order valence-corrected chi connectivity index (χ1v) is 11.7. The smallest absolute Gasteiger partial charge is 0.329 e. The number of nitrogens with zero attached hydrogens (tertiary/aromatic N) is 2. The van der Waals surface area contributed by atoms with Crippen molar-refractivity contribution in [3.8, 4) is 11.8 Å². The number of hydrogen-bond donors (Lipinski definition) is 2. The number of aryl methyl sites for hydroxylation is 1. The summed E-state index contributed by atoms with van der Waals surface area (Å²) in [5.41, 5.74) is 7.16. The zero-order valence-electron chi connectivity index (χ0n) is 19.0. The Morgan fingerprint density at radius 1 is 1.18 bits per heavy atom. The Kier molecular flexibility index (Phi) is 6.41. The Bertz CT molecular complexity index is 1220. The molecule has 2 aliphatic rings. The van der Waals surface area contributed by atoms with Crippen molar-refractivity contribution in [1.29, 1.82) is 0 Å². The van der Waals surface area contributed by atoms with E-state index in [0.29, 0.717) is 23.9 Å². The summed E-state index contributed by atoms with van der Waals surface area (Å²) < 4.78 is 2.96. The monoisotopic (exact) mass is 450 g/mol. The minimum absolute atomic E-state index is 0.179. The molecule has 8 heteroatoms. The highest BCUT2D eigenvalue weighted by atomic mass is 16.2. The van der Waals surface area contributed by atoms with Crippen LogP contribution in [0.1, 0.15) is 75.8 Å². The number of primary amides is 1. The Morgan fingerprint density at radius 2 is 1.94 bits per heavy atom. The van der Waals surface area contributed by atoms with Gasteiger partial charge in [-0.1, -0.05) is 31.1 Å². The number of nitrogens with one attached hydrogen (secondary N) is 1. The second-order valence-electron chi connectivity index (χ2n) is 9.24. The molecule has 8 nitrogen and oxygen atoms in total. The lowest BCUT2D eigenvalue weighted by Gasteiger charge is -2.34. The molecule has 0 spiro atoms. The van der Waals surface area contributed by atoms with Gasteiger partial charge < -0.3 is 5.73 Å². The first kappa shape index (κ1) is 22.8. The third-order valence-corrected chi connectivity index (χ3v) is 7.13. The van der Waals surface area contributed by atoms with Crippen LogP contribution in [0.15, 0.2) is 23.0 Å². The number of benzene rings is 1. The van der Waals surface area contributed by atoms with E-state index in [0.717, 1.165) is 44.1 Å². The number of piperidine rings is 1. The fraction of sp³-hybridized carbons (Fsp3) is 0.520. The second-order valence-corrected chi connectivity index (χ2v) is 9.24. The molecule has 33 heavy (non-hydrogen) atoms. The summed E-state index contributed by atoms with van der Waals surface area (Å²) in [5.74, 6) is 5.39. The van der Waals surface area contributed by atoms with Crippen molar-refractivity contribution in [2.45, 2.75) is 70.3 Å². The largest absolute Gasteiger partial charge is 0.369 e. The topological polar surface area (TPSA) is 116 Å². The van der Waals surface area contributed by atoms with Crippen molar-refractivity contribution in [1.82, 2.24) is 14.5 Å². The van der Waals surface area contributed by atoms with Gasteiger partial charge in [0.25, 0.3) is 0 Å². The maximum atomic E-state index is 12.8. The molecule has 3 amide bonds. The fourth-order valence-electron chi connectivity index (χ4n) is 5.20. The van der Waals surface area contributed by atoms with Crippen LogP contribution in [0.25, 0.3) is 11.0 Å². The molecular weight excluding hydrogens is 420 g/mol. The van der Waals surface area contributed by atoms with Crippen LogP contribution in [0.2, 0.25) is 0 Å². The van der Waals surface area contributed by atoms with Crippen LogP contribution in [0, 0.1) is 17.3 Å². The van der Waals surface area contributed by atoms with E-state index in [9.17, 15) is 19.2 Å². The lowest BCUT2D eigenvalue weighted by Crippen LogP contribution is -2.44. The Morgan fingerprint density at radius 3 is 2.64 bits per heavy atom. The zero-order valence-corrected chi connectivity index (χ0v) is 19.0. The van der Waals surface area contributed by atoms with E-state index < -0.39 is 11.9 Å². The molecule has 1 atom stereocenters. The summed E-state index contributed by atoms with van der Waals surface area (Å²) in [4.78, 5) is 48.6. The molecule has 1 saturated heterocycles. The number of nitrogens with two attached hydrogens (primary N) is 1. The normalized spacial score (nSPS) is 20.2. The molecule has 1 unspecified atom stereocenters. The molecule has 2 aromatic rings. The number of rotatable bonds is 5. The summed E-state index contributed by atoms with van der Waals surface area (Å²) >= 11 is 0. The van der Waals surface area contributed by atoms with Crippen LogP contribution in [0.5, 0.6) is 0 Å². The van der Waals surface area contributed by atoms with Gasteiger partial charge in [-0.25, -0.2) is 4.79 Å². The first-order chi connectivity index (χ1) is 15.8. The van der Waals surface area contributed by atoms with Crippen molar-refractivity contribution in [2.24, 2.45) is 18.2 Å². The van der Waals surface area contributed by atoms with Crippen molar-refractivity contribution in [3.63, 3.8) is 0 Å². The number of carbonyl (C=O) groups excluding carboxylic acids is 3. The highest BCUT2D eigenvalue weighted by molar-refractivity contribution is 6.00. The van der Waals surface area contributed by atoms with Gasteiger partial charge in [-0.3, -0.25) is 28.8 Å². The van der Waals surface area contributed by atoms with E-state index in [4.69, 9.17) is 5.73 Å². The average Bonchev–Trinajstić information content (AvgIpc) is 3.04. The predicted molar refractivity (Wildman–Crippen MR) is 124 cm³/mol. The van der Waals surface area contributed by atoms with Gasteiger partial charge in [0.05, 0.1) is 11.0 Å². The van der Waals surface area contributed by atoms with E-state index in [-0.39, 0.29) is 29.3 Å². The molecule has 1 aliphatic carbocycles. The van der Waals surface area contributed by atoms with E-state index in [1.54, 1.807) is 13.1 Å². The van der Waals surface area contributed by atoms with Crippen LogP contribution >= 0.6 is 0 Å². The molecule has 1 aliphatic heterocycles. The maximum absolute atomic E-state index is 12.8. The molecule has 0 bridgehead atoms. The summed E-state index contributed by atoms with van der Waals surface area (Å²) in [6.07, 6.45) is 7.83. The highest BCUT2D eigenvalue weighted by Crippen LogP contribution is 2.40. The van der Waals surface area contributed by atoms with Crippen LogP contribution in [0.3, 0.4) is 0 Å². The second kappa shape index (κ2) is 9.26. The first-order valence-electron chi connectivity index (χ1n) is 11.7.